The minimum atomic E-state index is -1.44. The number of rotatable bonds is 3. The number of nitrogens with zero attached hydrogens (tertiary/aromatic N) is 3. The molecule has 2 atom stereocenters. The van der Waals surface area contributed by atoms with Gasteiger partial charge in [0.15, 0.2) is 11.6 Å². The van der Waals surface area contributed by atoms with Crippen molar-refractivity contribution in [2.24, 2.45) is 0 Å². The lowest BCUT2D eigenvalue weighted by molar-refractivity contribution is 0.0764. The summed E-state index contributed by atoms with van der Waals surface area (Å²) in [5.74, 6) is 0.411. The van der Waals surface area contributed by atoms with E-state index in [0.29, 0.717) is 43.4 Å². The summed E-state index contributed by atoms with van der Waals surface area (Å²) in [5.41, 5.74) is 1.03. The van der Waals surface area contributed by atoms with Crippen LogP contribution in [0.3, 0.4) is 0 Å². The smallest absolute Gasteiger partial charge is 0.261 e. The van der Waals surface area contributed by atoms with Gasteiger partial charge in [-0.25, -0.2) is 4.39 Å². The first-order chi connectivity index (χ1) is 12.6. The normalized spacial score (nSPS) is 23.5. The van der Waals surface area contributed by atoms with E-state index in [4.69, 9.17) is 9.26 Å². The number of aliphatic hydroxyl groups excluding tert-OH is 1. The van der Waals surface area contributed by atoms with Gasteiger partial charge in [-0.15, -0.1) is 0 Å². The van der Waals surface area contributed by atoms with Gasteiger partial charge < -0.3 is 24.2 Å². The third-order valence-electron chi connectivity index (χ3n) is 4.74. The number of amides is 1. The molecule has 0 aliphatic carbocycles. The fourth-order valence-corrected chi connectivity index (χ4v) is 3.32. The average molecular weight is 361 g/mol. The van der Waals surface area contributed by atoms with Gasteiger partial charge in [-0.2, -0.15) is 0 Å². The number of morpholine rings is 1. The summed E-state index contributed by atoms with van der Waals surface area (Å²) in [6.07, 6.45) is -2.60. The minimum Gasteiger partial charge on any atom is -0.388 e. The molecule has 0 radical (unpaired) electrons. The van der Waals surface area contributed by atoms with Crippen LogP contribution in [0.5, 0.6) is 0 Å². The number of aliphatic hydroxyl groups is 1. The Kier molecular flexibility index (Phi) is 4.60. The van der Waals surface area contributed by atoms with E-state index in [1.807, 2.05) is 35.2 Å². The molecule has 2 aliphatic rings. The number of carbonyl (C=O) groups is 1. The number of benzene rings is 1. The molecular formula is C18H20FN3O4. The van der Waals surface area contributed by atoms with Crippen LogP contribution in [0.2, 0.25) is 0 Å². The van der Waals surface area contributed by atoms with E-state index < -0.39 is 12.3 Å². The number of halogens is 1. The second-order valence-electron chi connectivity index (χ2n) is 6.47. The monoisotopic (exact) mass is 361 g/mol. The zero-order valence-corrected chi connectivity index (χ0v) is 14.2. The van der Waals surface area contributed by atoms with Crippen LogP contribution in [0.4, 0.5) is 10.2 Å². The van der Waals surface area contributed by atoms with Gasteiger partial charge in [0.25, 0.3) is 5.91 Å². The number of alkyl halides is 1. The molecule has 0 saturated carbocycles. The maximum Gasteiger partial charge on any atom is 0.261 e. The molecule has 2 aliphatic heterocycles. The van der Waals surface area contributed by atoms with Gasteiger partial charge in [-0.05, 0) is 0 Å². The first-order valence-corrected chi connectivity index (χ1v) is 8.64. The fraction of sp³-hybridized carbons (Fsp3) is 0.444. The molecule has 0 spiro atoms. The van der Waals surface area contributed by atoms with Crippen molar-refractivity contribution in [1.29, 1.82) is 0 Å². The zero-order chi connectivity index (χ0) is 18.1. The number of carbonyl (C=O) groups excluding carboxylic acids is 1. The van der Waals surface area contributed by atoms with Crippen molar-refractivity contribution in [3.8, 4) is 11.3 Å². The van der Waals surface area contributed by atoms with Crippen molar-refractivity contribution >= 4 is 11.7 Å². The quantitative estimate of drug-likeness (QED) is 0.889. The van der Waals surface area contributed by atoms with Gasteiger partial charge in [-0.1, -0.05) is 35.5 Å². The topological polar surface area (TPSA) is 79.0 Å². The van der Waals surface area contributed by atoms with E-state index >= 15 is 0 Å². The van der Waals surface area contributed by atoms with Gasteiger partial charge >= 0.3 is 0 Å². The molecule has 138 valence electrons. The predicted molar refractivity (Wildman–Crippen MR) is 91.8 cm³/mol. The van der Waals surface area contributed by atoms with Crippen molar-refractivity contribution in [1.82, 2.24) is 10.1 Å². The second-order valence-corrected chi connectivity index (χ2v) is 6.47. The summed E-state index contributed by atoms with van der Waals surface area (Å²) in [4.78, 5) is 16.4. The van der Waals surface area contributed by atoms with Gasteiger partial charge in [0.05, 0.1) is 19.8 Å². The highest BCUT2D eigenvalue weighted by atomic mass is 19.1. The summed E-state index contributed by atoms with van der Waals surface area (Å²) in [6.45, 7) is 2.08. The zero-order valence-electron chi connectivity index (χ0n) is 14.2. The van der Waals surface area contributed by atoms with Crippen molar-refractivity contribution in [3.05, 3.63) is 35.9 Å². The molecule has 8 heteroatoms. The number of anilines is 1. The minimum absolute atomic E-state index is 0.0397. The molecule has 4 rings (SSSR count). The third kappa shape index (κ3) is 3.06. The van der Waals surface area contributed by atoms with E-state index in [9.17, 15) is 14.3 Å². The van der Waals surface area contributed by atoms with Crippen LogP contribution in [0, 0.1) is 0 Å². The summed E-state index contributed by atoms with van der Waals surface area (Å²) in [7, 11) is 0. The number of ether oxygens (including phenoxy) is 1. The largest absolute Gasteiger partial charge is 0.388 e. The van der Waals surface area contributed by atoms with Crippen LogP contribution in [0.1, 0.15) is 10.4 Å². The van der Waals surface area contributed by atoms with Crippen LogP contribution < -0.4 is 4.90 Å². The standard InChI is InChI=1S/C18H20FN3O4/c19-13-10-22(11-14(13)23)18(24)15-16(12-4-2-1-3-5-12)26-20-17(15)21-6-8-25-9-7-21/h1-5,13-14,23H,6-11H2/t13-,14-/m1/s1. The van der Waals surface area contributed by atoms with E-state index in [1.165, 1.54) is 4.90 Å². The summed E-state index contributed by atoms with van der Waals surface area (Å²) < 4.78 is 24.6. The highest BCUT2D eigenvalue weighted by molar-refractivity contribution is 6.04. The average Bonchev–Trinajstić information content (AvgIpc) is 3.26. The molecular weight excluding hydrogens is 341 g/mol. The molecule has 3 heterocycles. The van der Waals surface area contributed by atoms with Gasteiger partial charge in [0, 0.05) is 25.2 Å². The van der Waals surface area contributed by atoms with Crippen molar-refractivity contribution in [2.75, 3.05) is 44.3 Å². The highest BCUT2D eigenvalue weighted by Crippen LogP contribution is 2.33. The van der Waals surface area contributed by atoms with Crippen molar-refractivity contribution in [3.63, 3.8) is 0 Å². The maximum absolute atomic E-state index is 13.7. The highest BCUT2D eigenvalue weighted by Gasteiger charge is 2.38. The predicted octanol–water partition coefficient (Wildman–Crippen LogP) is 1.33. The number of hydrogen-bond acceptors (Lipinski definition) is 6. The molecule has 0 bridgehead atoms. The molecule has 2 aromatic rings. The Bertz CT molecular complexity index is 766. The number of hydrogen-bond donors (Lipinski definition) is 1. The maximum atomic E-state index is 13.7. The van der Waals surface area contributed by atoms with E-state index in [2.05, 4.69) is 5.16 Å². The molecule has 1 aromatic heterocycles. The van der Waals surface area contributed by atoms with Crippen LogP contribution in [-0.4, -0.2) is 72.7 Å². The van der Waals surface area contributed by atoms with Crippen LogP contribution in [0.25, 0.3) is 11.3 Å². The third-order valence-corrected chi connectivity index (χ3v) is 4.74. The van der Waals surface area contributed by atoms with E-state index in [0.717, 1.165) is 5.56 Å². The molecule has 7 nitrogen and oxygen atoms in total. The fourth-order valence-electron chi connectivity index (χ4n) is 3.32. The lowest BCUT2D eigenvalue weighted by Gasteiger charge is -2.27. The summed E-state index contributed by atoms with van der Waals surface area (Å²) in [5, 5.41) is 13.8. The lowest BCUT2D eigenvalue weighted by Crippen LogP contribution is -2.38. The molecule has 1 amide bonds. The van der Waals surface area contributed by atoms with Crippen molar-refractivity contribution in [2.45, 2.75) is 12.3 Å². The Labute approximate surface area is 149 Å². The number of aromatic nitrogens is 1. The second kappa shape index (κ2) is 7.05. The van der Waals surface area contributed by atoms with Crippen LogP contribution >= 0.6 is 0 Å². The van der Waals surface area contributed by atoms with Gasteiger partial charge in [0.1, 0.15) is 17.8 Å². The molecule has 1 aromatic carbocycles. The van der Waals surface area contributed by atoms with Crippen LogP contribution in [-0.2, 0) is 4.74 Å². The first-order valence-electron chi connectivity index (χ1n) is 8.64. The Morgan fingerprint density at radius 1 is 1.19 bits per heavy atom. The molecule has 26 heavy (non-hydrogen) atoms. The van der Waals surface area contributed by atoms with Gasteiger partial charge in [0.2, 0.25) is 0 Å². The number of β-amino-alcohol motifs (C(OH)–C–C–N with tert-alkyl or cyclic N) is 1. The molecule has 0 unspecified atom stereocenters. The van der Waals surface area contributed by atoms with E-state index in [-0.39, 0.29) is 19.0 Å². The Hall–Kier alpha value is -2.45. The molecule has 1 N–H and O–H groups in total. The first kappa shape index (κ1) is 17.0. The number of likely N-dealkylation sites (tertiary alicyclic amines) is 1. The summed E-state index contributed by atoms with van der Waals surface area (Å²) in [6, 6.07) is 9.22. The summed E-state index contributed by atoms with van der Waals surface area (Å²) >= 11 is 0. The SMILES string of the molecule is O=C(c1c(N2CCOCC2)noc1-c1ccccc1)N1C[C@@H](O)[C@H](F)C1. The Morgan fingerprint density at radius 3 is 2.58 bits per heavy atom. The van der Waals surface area contributed by atoms with Gasteiger partial charge in [-0.3, -0.25) is 4.79 Å². The van der Waals surface area contributed by atoms with Crippen LogP contribution in [0.15, 0.2) is 34.9 Å². The molecule has 2 fully saturated rings. The van der Waals surface area contributed by atoms with Crippen molar-refractivity contribution < 1.29 is 23.6 Å². The lowest BCUT2D eigenvalue weighted by atomic mass is 10.1. The molecule has 2 saturated heterocycles. The Balaban J connectivity index is 1.74. The Morgan fingerprint density at radius 2 is 1.92 bits per heavy atom. The van der Waals surface area contributed by atoms with E-state index in [1.54, 1.807) is 0 Å².